The van der Waals surface area contributed by atoms with Crippen molar-refractivity contribution in [1.82, 2.24) is 0 Å². The summed E-state index contributed by atoms with van der Waals surface area (Å²) in [5.74, 6) is 0. The normalized spacial score (nSPS) is 11.2. The van der Waals surface area contributed by atoms with Crippen molar-refractivity contribution in [2.24, 2.45) is 0 Å². The Kier molecular flexibility index (Phi) is 8.55. The summed E-state index contributed by atoms with van der Waals surface area (Å²) < 4.78 is 48.7. The predicted octanol–water partition coefficient (Wildman–Crippen LogP) is 5.75. The monoisotopic (exact) mass is 556 g/mol. The molecule has 0 aliphatic heterocycles. The molecule has 0 amide bonds. The number of carbonyl (C=O) groups is 1. The first kappa shape index (κ1) is 25.6. The highest BCUT2D eigenvalue weighted by Crippen LogP contribution is 2.22. The van der Waals surface area contributed by atoms with E-state index in [0.29, 0.717) is 21.6 Å². The van der Waals surface area contributed by atoms with Gasteiger partial charge < -0.3 is 0 Å². The Balaban J connectivity index is 0.000000191. The molecule has 4 aromatic carbocycles. The third-order valence-corrected chi connectivity index (χ3v) is 9.04. The Morgan fingerprint density at radius 2 is 0.882 bits per heavy atom. The molecule has 0 saturated heterocycles. The molecule has 4 aromatic rings. The van der Waals surface area contributed by atoms with Crippen molar-refractivity contribution >= 4 is 41.9 Å². The summed E-state index contributed by atoms with van der Waals surface area (Å²) in [4.78, 5) is 11.6. The van der Waals surface area contributed by atoms with E-state index in [-0.39, 0.29) is 9.79 Å². The number of benzene rings is 4. The maximum absolute atomic E-state index is 12.2. The van der Waals surface area contributed by atoms with Crippen LogP contribution in [0, 0.1) is 0 Å². The minimum absolute atomic E-state index is 0.189. The van der Waals surface area contributed by atoms with Crippen LogP contribution in [0.25, 0.3) is 0 Å². The summed E-state index contributed by atoms with van der Waals surface area (Å²) in [5.41, 5.74) is 1.51. The number of rotatable bonds is 6. The molecule has 0 unspecified atom stereocenters. The van der Waals surface area contributed by atoms with Crippen LogP contribution in [0.4, 0.5) is 0 Å². The van der Waals surface area contributed by atoms with E-state index in [0.717, 1.165) is 10.9 Å². The molecule has 8 heteroatoms. The number of hydrogen-bond acceptors (Lipinski definition) is 5. The van der Waals surface area contributed by atoms with Gasteiger partial charge >= 0.3 is 0 Å². The molecular formula is C26H21BrO5S2. The Hall–Kier alpha value is -3.07. The van der Waals surface area contributed by atoms with Crippen molar-refractivity contribution in [3.05, 3.63) is 120 Å². The van der Waals surface area contributed by atoms with Gasteiger partial charge in [0.1, 0.15) is 6.29 Å². The van der Waals surface area contributed by atoms with Crippen molar-refractivity contribution in [3.63, 3.8) is 0 Å². The van der Waals surface area contributed by atoms with E-state index < -0.39 is 19.7 Å². The van der Waals surface area contributed by atoms with Crippen molar-refractivity contribution < 1.29 is 21.6 Å². The number of halogens is 1. The molecule has 0 fully saturated rings. The number of hydrogen-bond donors (Lipinski definition) is 0. The Labute approximate surface area is 208 Å². The lowest BCUT2D eigenvalue weighted by atomic mass is 10.2. The minimum Gasteiger partial charge on any atom is -0.298 e. The fourth-order valence-corrected chi connectivity index (χ4v) is 5.89. The van der Waals surface area contributed by atoms with Crippen LogP contribution in [-0.2, 0) is 25.0 Å². The van der Waals surface area contributed by atoms with Crippen LogP contribution in [0.15, 0.2) is 129 Å². The molecule has 0 heterocycles. The zero-order valence-corrected chi connectivity index (χ0v) is 21.1. The van der Waals surface area contributed by atoms with E-state index in [1.165, 1.54) is 24.3 Å². The minimum atomic E-state index is -3.48. The van der Waals surface area contributed by atoms with E-state index >= 15 is 0 Å². The van der Waals surface area contributed by atoms with E-state index in [2.05, 4.69) is 15.9 Å². The molecule has 34 heavy (non-hydrogen) atoms. The Bertz CT molecular complexity index is 1430. The first-order valence-corrected chi connectivity index (χ1v) is 14.2. The zero-order chi connectivity index (χ0) is 24.6. The Morgan fingerprint density at radius 1 is 0.529 bits per heavy atom. The lowest BCUT2D eigenvalue weighted by Gasteiger charge is -2.04. The van der Waals surface area contributed by atoms with Gasteiger partial charge in [-0.15, -0.1) is 0 Å². The van der Waals surface area contributed by atoms with Crippen LogP contribution < -0.4 is 0 Å². The van der Waals surface area contributed by atoms with Gasteiger partial charge in [0.15, 0.2) is 0 Å². The van der Waals surface area contributed by atoms with E-state index in [9.17, 15) is 21.6 Å². The van der Waals surface area contributed by atoms with Gasteiger partial charge in [-0.25, -0.2) is 16.8 Å². The van der Waals surface area contributed by atoms with E-state index in [1.54, 1.807) is 72.8 Å². The average Bonchev–Trinajstić information content (AvgIpc) is 2.90. The highest BCUT2D eigenvalue weighted by atomic mass is 79.9. The first-order chi connectivity index (χ1) is 16.3. The summed E-state index contributed by atoms with van der Waals surface area (Å²) in [7, 11) is -6.86. The lowest BCUT2D eigenvalue weighted by Crippen LogP contribution is -2.01. The highest BCUT2D eigenvalue weighted by molar-refractivity contribution is 9.08. The van der Waals surface area contributed by atoms with E-state index in [1.807, 2.05) is 12.1 Å². The number of alkyl halides is 1. The van der Waals surface area contributed by atoms with Crippen LogP contribution >= 0.6 is 15.9 Å². The predicted molar refractivity (Wildman–Crippen MR) is 135 cm³/mol. The van der Waals surface area contributed by atoms with Crippen LogP contribution in [0.3, 0.4) is 0 Å². The quantitative estimate of drug-likeness (QED) is 0.223. The summed E-state index contributed by atoms with van der Waals surface area (Å²) in [5, 5.41) is 0.721. The smallest absolute Gasteiger partial charge is 0.206 e. The fourth-order valence-electron chi connectivity index (χ4n) is 2.95. The van der Waals surface area contributed by atoms with Gasteiger partial charge in [-0.3, -0.25) is 4.79 Å². The van der Waals surface area contributed by atoms with Gasteiger partial charge in [0.25, 0.3) is 0 Å². The molecule has 0 atom stereocenters. The van der Waals surface area contributed by atoms with Crippen molar-refractivity contribution in [1.29, 1.82) is 0 Å². The molecule has 0 spiro atoms. The molecule has 174 valence electrons. The highest BCUT2D eigenvalue weighted by Gasteiger charge is 2.17. The summed E-state index contributed by atoms with van der Waals surface area (Å²) in [6, 6.07) is 29.4. The third-order valence-electron chi connectivity index (χ3n) is 4.82. The molecule has 0 saturated carbocycles. The van der Waals surface area contributed by atoms with Gasteiger partial charge in [0.05, 0.1) is 19.6 Å². The molecule has 4 rings (SSSR count). The average molecular weight is 557 g/mol. The van der Waals surface area contributed by atoms with Crippen molar-refractivity contribution in [2.75, 3.05) is 0 Å². The van der Waals surface area contributed by atoms with Crippen LogP contribution in [-0.4, -0.2) is 23.1 Å². The summed E-state index contributed by atoms with van der Waals surface area (Å²) in [6.45, 7) is 0. The van der Waals surface area contributed by atoms with Crippen LogP contribution in [0.2, 0.25) is 0 Å². The molecule has 0 bridgehead atoms. The molecule has 0 N–H and O–H groups in total. The van der Waals surface area contributed by atoms with E-state index in [4.69, 9.17) is 0 Å². The molecule has 0 aliphatic carbocycles. The third kappa shape index (κ3) is 6.08. The summed E-state index contributed by atoms with van der Waals surface area (Å²) >= 11 is 3.33. The summed E-state index contributed by atoms with van der Waals surface area (Å²) in [6.07, 6.45) is 0.679. The van der Waals surface area contributed by atoms with Crippen LogP contribution in [0.5, 0.6) is 0 Å². The van der Waals surface area contributed by atoms with Crippen molar-refractivity contribution in [2.45, 2.75) is 24.9 Å². The molecule has 0 aliphatic rings. The van der Waals surface area contributed by atoms with Gasteiger partial charge in [-0.1, -0.05) is 76.6 Å². The standard InChI is InChI=1S/C13H11BrO2S.C13H10O3S/c2*14-10-11-6-8-13(9-7-11)17(15,16)12-4-2-1-3-5-12/h1-9H,10H2;1-10H. The van der Waals surface area contributed by atoms with Gasteiger partial charge in [0.2, 0.25) is 19.7 Å². The largest absolute Gasteiger partial charge is 0.298 e. The maximum Gasteiger partial charge on any atom is 0.206 e. The topological polar surface area (TPSA) is 85.3 Å². The second-order valence-electron chi connectivity index (χ2n) is 7.10. The molecule has 5 nitrogen and oxygen atoms in total. The SMILES string of the molecule is O=Cc1ccc(S(=O)(=O)c2ccccc2)cc1.O=S(=O)(c1ccccc1)c1ccc(CBr)cc1. The van der Waals surface area contributed by atoms with Gasteiger partial charge in [-0.05, 0) is 54.1 Å². The Morgan fingerprint density at radius 3 is 1.24 bits per heavy atom. The number of aldehydes is 1. The molecular weight excluding hydrogens is 536 g/mol. The molecule has 0 radical (unpaired) electrons. The number of sulfone groups is 2. The van der Waals surface area contributed by atoms with Gasteiger partial charge in [-0.2, -0.15) is 0 Å². The molecule has 0 aromatic heterocycles. The second kappa shape index (κ2) is 11.4. The van der Waals surface area contributed by atoms with Crippen LogP contribution in [0.1, 0.15) is 15.9 Å². The fraction of sp³-hybridized carbons (Fsp3) is 0.0385. The number of carbonyl (C=O) groups excluding carboxylic acids is 1. The van der Waals surface area contributed by atoms with Gasteiger partial charge in [0, 0.05) is 10.9 Å². The van der Waals surface area contributed by atoms with Crippen molar-refractivity contribution in [3.8, 4) is 0 Å². The lowest BCUT2D eigenvalue weighted by molar-refractivity contribution is 0.112. The first-order valence-electron chi connectivity index (χ1n) is 10.1. The second-order valence-corrected chi connectivity index (χ2v) is 11.6. The maximum atomic E-state index is 12.2. The zero-order valence-electron chi connectivity index (χ0n) is 17.9.